The fourth-order valence-corrected chi connectivity index (χ4v) is 2.60. The first-order valence-electron chi connectivity index (χ1n) is 9.26. The third-order valence-corrected chi connectivity index (χ3v) is 3.73. The summed E-state index contributed by atoms with van der Waals surface area (Å²) in [5, 5.41) is 0. The molecule has 0 aliphatic rings. The Labute approximate surface area is 158 Å². The topological polar surface area (TPSA) is 18.5 Å². The normalized spacial score (nSPS) is 14.3. The summed E-state index contributed by atoms with van der Waals surface area (Å²) < 4.78 is 12.6. The van der Waals surface area contributed by atoms with Crippen molar-refractivity contribution >= 4 is 6.08 Å². The lowest BCUT2D eigenvalue weighted by Gasteiger charge is -2.31. The van der Waals surface area contributed by atoms with Crippen LogP contribution in [-0.2, 0) is 9.47 Å². The van der Waals surface area contributed by atoms with E-state index in [0.717, 1.165) is 16.7 Å². The molecule has 0 N–H and O–H groups in total. The van der Waals surface area contributed by atoms with E-state index in [4.69, 9.17) is 9.47 Å². The molecule has 1 atom stereocenters. The van der Waals surface area contributed by atoms with Crippen molar-refractivity contribution in [3.63, 3.8) is 0 Å². The van der Waals surface area contributed by atoms with Crippen molar-refractivity contribution in [3.05, 3.63) is 77.4 Å². The predicted octanol–water partition coefficient (Wildman–Crippen LogP) is 6.44. The van der Waals surface area contributed by atoms with Crippen LogP contribution < -0.4 is 0 Å². The van der Waals surface area contributed by atoms with Crippen LogP contribution in [-0.4, -0.2) is 17.8 Å². The summed E-state index contributed by atoms with van der Waals surface area (Å²) in [6.07, 6.45) is 2.04. The highest BCUT2D eigenvalue weighted by Crippen LogP contribution is 2.32. The molecule has 0 heterocycles. The Balaban J connectivity index is 2.44. The molecule has 26 heavy (non-hydrogen) atoms. The lowest BCUT2D eigenvalue weighted by Crippen LogP contribution is -2.27. The number of ether oxygens (including phenoxy) is 2. The summed E-state index contributed by atoms with van der Waals surface area (Å²) in [4.78, 5) is 0. The van der Waals surface area contributed by atoms with Gasteiger partial charge >= 0.3 is 0 Å². The van der Waals surface area contributed by atoms with Crippen molar-refractivity contribution in [2.45, 2.75) is 58.8 Å². The fourth-order valence-electron chi connectivity index (χ4n) is 2.60. The first-order chi connectivity index (χ1) is 12.1. The minimum Gasteiger partial charge on any atom is -0.371 e. The Hall–Kier alpha value is -1.90. The number of hydrogen-bond acceptors (Lipinski definition) is 2. The maximum atomic E-state index is 6.48. The van der Waals surface area contributed by atoms with Crippen molar-refractivity contribution in [1.82, 2.24) is 0 Å². The Morgan fingerprint density at radius 3 is 1.85 bits per heavy atom. The molecular weight excluding hydrogens is 320 g/mol. The Morgan fingerprint density at radius 1 is 0.808 bits per heavy atom. The van der Waals surface area contributed by atoms with Gasteiger partial charge in [-0.1, -0.05) is 66.7 Å². The second-order valence-electron chi connectivity index (χ2n) is 8.55. The quantitative estimate of drug-likeness (QED) is 0.595. The summed E-state index contributed by atoms with van der Waals surface area (Å²) in [5.74, 6) is 0. The Kier molecular flexibility index (Phi) is 6.80. The molecule has 140 valence electrons. The van der Waals surface area contributed by atoms with Crippen LogP contribution >= 0.6 is 0 Å². The van der Waals surface area contributed by atoms with E-state index in [2.05, 4.69) is 96.1 Å². The largest absolute Gasteiger partial charge is 0.371 e. The average molecular weight is 353 g/mol. The molecular formula is C24H32O2. The van der Waals surface area contributed by atoms with Gasteiger partial charge in [0.05, 0.1) is 17.8 Å². The van der Waals surface area contributed by atoms with E-state index in [9.17, 15) is 0 Å². The molecule has 0 bridgehead atoms. The van der Waals surface area contributed by atoms with Gasteiger partial charge in [-0.15, -0.1) is 0 Å². The van der Waals surface area contributed by atoms with Gasteiger partial charge in [-0.25, -0.2) is 0 Å². The zero-order valence-corrected chi connectivity index (χ0v) is 17.0. The third kappa shape index (κ3) is 7.15. The predicted molar refractivity (Wildman–Crippen MR) is 110 cm³/mol. The first kappa shape index (κ1) is 20.4. The minimum atomic E-state index is -0.266. The smallest absolute Gasteiger partial charge is 0.107 e. The molecule has 0 aliphatic heterocycles. The van der Waals surface area contributed by atoms with Crippen molar-refractivity contribution in [1.29, 1.82) is 0 Å². The van der Waals surface area contributed by atoms with E-state index < -0.39 is 0 Å². The van der Waals surface area contributed by atoms with Crippen molar-refractivity contribution in [2.75, 3.05) is 6.61 Å². The zero-order chi connectivity index (χ0) is 19.2. The van der Waals surface area contributed by atoms with E-state index in [1.807, 2.05) is 12.1 Å². The van der Waals surface area contributed by atoms with Crippen LogP contribution in [0, 0.1) is 0 Å². The first-order valence-corrected chi connectivity index (χ1v) is 9.26. The standard InChI is InChI=1S/C24H32O2/c1-23(2,3)25-18-21(17-19-13-9-7-10-14-19)22(26-24(4,5)6)20-15-11-8-12-16-20/h7-17,22H,18H2,1-6H3/b21-17+. The molecule has 2 rings (SSSR count). The number of rotatable bonds is 6. The summed E-state index contributed by atoms with van der Waals surface area (Å²) in [6, 6.07) is 20.7. The van der Waals surface area contributed by atoms with Crippen molar-refractivity contribution in [2.24, 2.45) is 0 Å². The van der Waals surface area contributed by atoms with Gasteiger partial charge in [0.15, 0.2) is 0 Å². The highest BCUT2D eigenvalue weighted by Gasteiger charge is 2.25. The van der Waals surface area contributed by atoms with Crippen LogP contribution in [0.25, 0.3) is 6.08 Å². The number of hydrogen-bond donors (Lipinski definition) is 0. The highest BCUT2D eigenvalue weighted by atomic mass is 16.5. The van der Waals surface area contributed by atoms with E-state index in [0.29, 0.717) is 6.61 Å². The maximum Gasteiger partial charge on any atom is 0.107 e. The molecule has 0 aromatic heterocycles. The van der Waals surface area contributed by atoms with Gasteiger partial charge < -0.3 is 9.47 Å². The van der Waals surface area contributed by atoms with Gasteiger partial charge in [0.2, 0.25) is 0 Å². The maximum absolute atomic E-state index is 6.48. The molecule has 0 radical (unpaired) electrons. The Morgan fingerprint density at radius 2 is 1.35 bits per heavy atom. The highest BCUT2D eigenvalue weighted by molar-refractivity contribution is 5.55. The zero-order valence-electron chi connectivity index (χ0n) is 17.0. The molecule has 0 saturated heterocycles. The second-order valence-corrected chi connectivity index (χ2v) is 8.55. The van der Waals surface area contributed by atoms with Crippen molar-refractivity contribution in [3.8, 4) is 0 Å². The van der Waals surface area contributed by atoms with Crippen LogP contribution in [0.1, 0.15) is 58.8 Å². The van der Waals surface area contributed by atoms with E-state index in [1.165, 1.54) is 0 Å². The van der Waals surface area contributed by atoms with Crippen LogP contribution in [0.3, 0.4) is 0 Å². The van der Waals surface area contributed by atoms with E-state index in [1.54, 1.807) is 0 Å². The van der Waals surface area contributed by atoms with Crippen LogP contribution in [0.15, 0.2) is 66.2 Å². The van der Waals surface area contributed by atoms with Gasteiger partial charge in [-0.3, -0.25) is 0 Å². The van der Waals surface area contributed by atoms with Crippen LogP contribution in [0.2, 0.25) is 0 Å². The average Bonchev–Trinajstić information content (AvgIpc) is 2.57. The molecule has 0 spiro atoms. The SMILES string of the molecule is CC(C)(C)OC/C(=C\c1ccccc1)C(OC(C)(C)C)c1ccccc1. The van der Waals surface area contributed by atoms with Gasteiger partial charge in [-0.05, 0) is 58.2 Å². The van der Waals surface area contributed by atoms with E-state index in [-0.39, 0.29) is 17.3 Å². The molecule has 0 amide bonds. The lowest BCUT2D eigenvalue weighted by molar-refractivity contribution is -0.0577. The summed E-state index contributed by atoms with van der Waals surface area (Å²) in [6.45, 7) is 13.0. The second kappa shape index (κ2) is 8.66. The molecule has 2 nitrogen and oxygen atoms in total. The van der Waals surface area contributed by atoms with Gasteiger partial charge in [-0.2, -0.15) is 0 Å². The molecule has 1 unspecified atom stereocenters. The Bertz CT molecular complexity index is 688. The fraction of sp³-hybridized carbons (Fsp3) is 0.417. The van der Waals surface area contributed by atoms with Gasteiger partial charge in [0.25, 0.3) is 0 Å². The number of benzene rings is 2. The van der Waals surface area contributed by atoms with Crippen molar-refractivity contribution < 1.29 is 9.47 Å². The molecule has 2 aromatic rings. The summed E-state index contributed by atoms with van der Waals surface area (Å²) >= 11 is 0. The minimum absolute atomic E-state index is 0.154. The van der Waals surface area contributed by atoms with Gasteiger partial charge in [0, 0.05) is 0 Å². The molecule has 2 heteroatoms. The molecule has 2 aromatic carbocycles. The van der Waals surface area contributed by atoms with Crippen LogP contribution in [0.4, 0.5) is 0 Å². The van der Waals surface area contributed by atoms with Gasteiger partial charge in [0.1, 0.15) is 6.10 Å². The molecule has 0 fully saturated rings. The van der Waals surface area contributed by atoms with Crippen LogP contribution in [0.5, 0.6) is 0 Å². The molecule has 0 aliphatic carbocycles. The summed E-state index contributed by atoms with van der Waals surface area (Å²) in [5.41, 5.74) is 2.93. The molecule has 0 saturated carbocycles. The monoisotopic (exact) mass is 352 g/mol. The van der Waals surface area contributed by atoms with E-state index >= 15 is 0 Å². The summed E-state index contributed by atoms with van der Waals surface area (Å²) in [7, 11) is 0. The lowest BCUT2D eigenvalue weighted by atomic mass is 9.98. The third-order valence-electron chi connectivity index (χ3n) is 3.73.